The van der Waals surface area contributed by atoms with Gasteiger partial charge in [-0.25, -0.2) is 0 Å². The molecule has 0 aliphatic heterocycles. The van der Waals surface area contributed by atoms with Crippen molar-refractivity contribution in [1.82, 2.24) is 5.32 Å². The lowest BCUT2D eigenvalue weighted by atomic mass is 10.1. The normalized spacial score (nSPS) is 18.3. The third kappa shape index (κ3) is 3.39. The highest BCUT2D eigenvalue weighted by atomic mass is 32.2. The third-order valence-electron chi connectivity index (χ3n) is 3.37. The van der Waals surface area contributed by atoms with Crippen molar-refractivity contribution in [3.05, 3.63) is 29.3 Å². The molecular weight excluding hydrogens is 230 g/mol. The molecule has 94 valence electrons. The Morgan fingerprint density at radius 2 is 2.29 bits per heavy atom. The van der Waals surface area contributed by atoms with Crippen molar-refractivity contribution < 1.29 is 5.11 Å². The van der Waals surface area contributed by atoms with Gasteiger partial charge in [-0.2, -0.15) is 11.8 Å². The van der Waals surface area contributed by atoms with E-state index in [1.54, 1.807) is 6.07 Å². The summed E-state index contributed by atoms with van der Waals surface area (Å²) in [7, 11) is 0. The largest absolute Gasteiger partial charge is 0.508 e. The summed E-state index contributed by atoms with van der Waals surface area (Å²) in [5.74, 6) is 1.65. The van der Waals surface area contributed by atoms with E-state index in [1.165, 1.54) is 36.1 Å². The summed E-state index contributed by atoms with van der Waals surface area (Å²) in [5.41, 5.74) is 2.69. The highest BCUT2D eigenvalue weighted by Gasteiger charge is 2.21. The van der Waals surface area contributed by atoms with Gasteiger partial charge < -0.3 is 10.4 Å². The van der Waals surface area contributed by atoms with Crippen molar-refractivity contribution in [2.45, 2.75) is 31.7 Å². The lowest BCUT2D eigenvalue weighted by Gasteiger charge is -2.13. The van der Waals surface area contributed by atoms with Gasteiger partial charge in [-0.3, -0.25) is 0 Å². The summed E-state index contributed by atoms with van der Waals surface area (Å²) in [6.07, 6.45) is 6.97. The Morgan fingerprint density at radius 1 is 1.41 bits per heavy atom. The predicted octanol–water partition coefficient (Wildman–Crippen LogP) is 3.11. The average molecular weight is 251 g/mol. The molecule has 2 N–H and O–H groups in total. The highest BCUT2D eigenvalue weighted by molar-refractivity contribution is 7.98. The fourth-order valence-corrected chi connectivity index (χ4v) is 2.96. The van der Waals surface area contributed by atoms with Gasteiger partial charge in [0.05, 0.1) is 0 Å². The number of fused-ring (bicyclic) bond motifs is 1. The molecule has 0 bridgehead atoms. The first-order chi connectivity index (χ1) is 8.31. The Balaban J connectivity index is 1.81. The number of phenols is 1. The Bertz CT molecular complexity index is 367. The zero-order valence-corrected chi connectivity index (χ0v) is 11.2. The van der Waals surface area contributed by atoms with Crippen molar-refractivity contribution >= 4 is 11.8 Å². The second kappa shape index (κ2) is 6.31. The van der Waals surface area contributed by atoms with Crippen molar-refractivity contribution in [3.8, 4) is 5.75 Å². The quantitative estimate of drug-likeness (QED) is 0.762. The average Bonchev–Trinajstić information content (AvgIpc) is 2.71. The first-order valence-corrected chi connectivity index (χ1v) is 7.75. The van der Waals surface area contributed by atoms with Crippen LogP contribution in [0.4, 0.5) is 0 Å². The molecule has 0 saturated heterocycles. The molecule has 0 fully saturated rings. The number of nitrogens with one attached hydrogen (secondary N) is 1. The number of aryl methyl sites for hydroxylation is 1. The molecule has 0 radical (unpaired) electrons. The summed E-state index contributed by atoms with van der Waals surface area (Å²) in [4.78, 5) is 0. The third-order valence-corrected chi connectivity index (χ3v) is 4.07. The molecule has 0 saturated carbocycles. The van der Waals surface area contributed by atoms with Gasteiger partial charge in [0.25, 0.3) is 0 Å². The Hall–Kier alpha value is -0.670. The Kier molecular flexibility index (Phi) is 4.75. The molecule has 2 nitrogen and oxygen atoms in total. The molecule has 1 unspecified atom stereocenters. The number of rotatable bonds is 6. The maximum atomic E-state index is 9.43. The molecule has 1 atom stereocenters. The van der Waals surface area contributed by atoms with Crippen molar-refractivity contribution in [2.24, 2.45) is 0 Å². The zero-order valence-electron chi connectivity index (χ0n) is 10.4. The minimum Gasteiger partial charge on any atom is -0.508 e. The van der Waals surface area contributed by atoms with E-state index in [0.29, 0.717) is 11.8 Å². The first kappa shape index (κ1) is 12.8. The van der Waals surface area contributed by atoms with Gasteiger partial charge in [-0.05, 0) is 67.5 Å². The van der Waals surface area contributed by atoms with Gasteiger partial charge in [-0.15, -0.1) is 0 Å². The van der Waals surface area contributed by atoms with E-state index >= 15 is 0 Å². The summed E-state index contributed by atoms with van der Waals surface area (Å²) in [6.45, 7) is 1.10. The summed E-state index contributed by atoms with van der Waals surface area (Å²) in [6, 6.07) is 6.27. The summed E-state index contributed by atoms with van der Waals surface area (Å²) >= 11 is 1.92. The van der Waals surface area contributed by atoms with E-state index in [1.807, 2.05) is 17.8 Å². The van der Waals surface area contributed by atoms with Crippen LogP contribution in [0.15, 0.2) is 18.2 Å². The zero-order chi connectivity index (χ0) is 12.1. The lowest BCUT2D eigenvalue weighted by Crippen LogP contribution is -2.20. The lowest BCUT2D eigenvalue weighted by molar-refractivity contribution is 0.474. The van der Waals surface area contributed by atoms with Crippen molar-refractivity contribution in [3.63, 3.8) is 0 Å². The molecule has 2 rings (SSSR count). The molecule has 0 spiro atoms. The van der Waals surface area contributed by atoms with E-state index in [0.717, 1.165) is 13.0 Å². The van der Waals surface area contributed by atoms with Crippen LogP contribution in [0.1, 0.15) is 36.4 Å². The monoisotopic (exact) mass is 251 g/mol. The van der Waals surface area contributed by atoms with E-state index in [9.17, 15) is 5.11 Å². The second-order valence-corrected chi connectivity index (χ2v) is 5.61. The van der Waals surface area contributed by atoms with Gasteiger partial charge >= 0.3 is 0 Å². The molecular formula is C14H21NOS. The smallest absolute Gasteiger partial charge is 0.115 e. The summed E-state index contributed by atoms with van der Waals surface area (Å²) in [5, 5.41) is 13.1. The van der Waals surface area contributed by atoms with Crippen LogP contribution in [0, 0.1) is 0 Å². The highest BCUT2D eigenvalue weighted by Crippen LogP contribution is 2.33. The standard InChI is InChI=1S/C14H21NOS/c1-17-9-3-2-8-15-14-7-4-11-10-12(16)5-6-13(11)14/h5-6,10,14-16H,2-4,7-9H2,1H3. The number of thioether (sulfide) groups is 1. The molecule has 3 heteroatoms. The molecule has 0 amide bonds. The van der Waals surface area contributed by atoms with Crippen LogP contribution in [0.5, 0.6) is 5.75 Å². The van der Waals surface area contributed by atoms with E-state index in [-0.39, 0.29) is 0 Å². The van der Waals surface area contributed by atoms with Gasteiger partial charge in [0.2, 0.25) is 0 Å². The van der Waals surface area contributed by atoms with Gasteiger partial charge in [0.1, 0.15) is 5.75 Å². The molecule has 1 aliphatic carbocycles. The number of unbranched alkanes of at least 4 members (excludes halogenated alkanes) is 1. The predicted molar refractivity (Wildman–Crippen MR) is 74.8 cm³/mol. The minimum atomic E-state index is 0.393. The Morgan fingerprint density at radius 3 is 3.12 bits per heavy atom. The summed E-state index contributed by atoms with van der Waals surface area (Å²) < 4.78 is 0. The number of benzene rings is 1. The Labute approximate surface area is 108 Å². The maximum absolute atomic E-state index is 9.43. The minimum absolute atomic E-state index is 0.393. The molecule has 0 heterocycles. The SMILES string of the molecule is CSCCCCNC1CCc2cc(O)ccc21. The maximum Gasteiger partial charge on any atom is 0.115 e. The molecule has 1 aliphatic rings. The number of hydrogen-bond acceptors (Lipinski definition) is 3. The van der Waals surface area contributed by atoms with Crippen LogP contribution < -0.4 is 5.32 Å². The van der Waals surface area contributed by atoms with E-state index < -0.39 is 0 Å². The van der Waals surface area contributed by atoms with Crippen LogP contribution in [-0.4, -0.2) is 23.7 Å². The van der Waals surface area contributed by atoms with Crippen LogP contribution in [0.2, 0.25) is 0 Å². The molecule has 17 heavy (non-hydrogen) atoms. The van der Waals surface area contributed by atoms with Gasteiger partial charge in [0, 0.05) is 6.04 Å². The van der Waals surface area contributed by atoms with Crippen LogP contribution >= 0.6 is 11.8 Å². The van der Waals surface area contributed by atoms with E-state index in [2.05, 4.69) is 17.6 Å². The fraction of sp³-hybridized carbons (Fsp3) is 0.571. The number of phenolic OH excluding ortho intramolecular Hbond substituents is 1. The topological polar surface area (TPSA) is 32.3 Å². The van der Waals surface area contributed by atoms with Crippen molar-refractivity contribution in [1.29, 1.82) is 0 Å². The first-order valence-electron chi connectivity index (χ1n) is 6.35. The molecule has 1 aromatic rings. The number of aromatic hydroxyl groups is 1. The fourth-order valence-electron chi connectivity index (χ4n) is 2.46. The van der Waals surface area contributed by atoms with Gasteiger partial charge in [-0.1, -0.05) is 6.07 Å². The van der Waals surface area contributed by atoms with Crippen LogP contribution in [0.3, 0.4) is 0 Å². The second-order valence-electron chi connectivity index (χ2n) is 4.63. The molecule has 1 aromatic carbocycles. The van der Waals surface area contributed by atoms with Crippen LogP contribution in [-0.2, 0) is 6.42 Å². The number of hydrogen-bond donors (Lipinski definition) is 2. The van der Waals surface area contributed by atoms with Gasteiger partial charge in [0.15, 0.2) is 0 Å². The van der Waals surface area contributed by atoms with Crippen LogP contribution in [0.25, 0.3) is 0 Å². The van der Waals surface area contributed by atoms with Crippen molar-refractivity contribution in [2.75, 3.05) is 18.6 Å². The van der Waals surface area contributed by atoms with E-state index in [4.69, 9.17) is 0 Å². The molecule has 0 aromatic heterocycles.